The van der Waals surface area contributed by atoms with Crippen molar-refractivity contribution in [2.24, 2.45) is 0 Å². The molecule has 0 atom stereocenters. The molecule has 0 spiro atoms. The number of carbonyl (C=O) groups excluding carboxylic acids is 2. The second kappa shape index (κ2) is 4.60. The standard InChI is InChI=1S/C13H12FNO3/c1-8-12(13(17)18-2)11(16)7-15(8)10-5-3-9(14)4-6-10/h3-6H,7H2,1-2H3. The van der Waals surface area contributed by atoms with Gasteiger partial charge in [-0.3, -0.25) is 4.79 Å². The first-order valence-corrected chi connectivity index (χ1v) is 5.40. The molecule has 0 saturated carbocycles. The SMILES string of the molecule is COC(=O)C1=C(C)N(c2ccc(F)cc2)CC1=O. The highest BCUT2D eigenvalue weighted by molar-refractivity contribution is 6.22. The van der Waals surface area contributed by atoms with Crippen LogP contribution in [0.1, 0.15) is 6.92 Å². The van der Waals surface area contributed by atoms with Crippen LogP contribution < -0.4 is 4.90 Å². The third-order valence-corrected chi connectivity index (χ3v) is 2.88. The predicted octanol–water partition coefficient (Wildman–Crippen LogP) is 1.66. The van der Waals surface area contributed by atoms with Gasteiger partial charge in [0.1, 0.15) is 11.4 Å². The van der Waals surface area contributed by atoms with Crippen molar-refractivity contribution in [1.82, 2.24) is 0 Å². The van der Waals surface area contributed by atoms with E-state index in [1.54, 1.807) is 24.0 Å². The van der Waals surface area contributed by atoms with E-state index >= 15 is 0 Å². The minimum atomic E-state index is -0.637. The van der Waals surface area contributed by atoms with Gasteiger partial charge in [0.05, 0.1) is 13.7 Å². The number of halogens is 1. The molecule has 18 heavy (non-hydrogen) atoms. The van der Waals surface area contributed by atoms with E-state index in [0.29, 0.717) is 11.4 Å². The van der Waals surface area contributed by atoms with Crippen LogP contribution in [0.2, 0.25) is 0 Å². The summed E-state index contributed by atoms with van der Waals surface area (Å²) < 4.78 is 17.4. The number of anilines is 1. The topological polar surface area (TPSA) is 46.6 Å². The fourth-order valence-corrected chi connectivity index (χ4v) is 1.95. The number of nitrogens with zero attached hydrogens (tertiary/aromatic N) is 1. The van der Waals surface area contributed by atoms with E-state index in [1.807, 2.05) is 0 Å². The number of hydrogen-bond acceptors (Lipinski definition) is 4. The first kappa shape index (κ1) is 12.3. The zero-order valence-electron chi connectivity index (χ0n) is 10.1. The van der Waals surface area contributed by atoms with E-state index in [-0.39, 0.29) is 23.7 Å². The highest BCUT2D eigenvalue weighted by Gasteiger charge is 2.33. The molecule has 4 nitrogen and oxygen atoms in total. The van der Waals surface area contributed by atoms with Crippen LogP contribution >= 0.6 is 0 Å². The summed E-state index contributed by atoms with van der Waals surface area (Å²) in [6.07, 6.45) is 0. The molecule has 0 aliphatic carbocycles. The number of benzene rings is 1. The van der Waals surface area contributed by atoms with Crippen molar-refractivity contribution in [2.75, 3.05) is 18.6 Å². The van der Waals surface area contributed by atoms with Gasteiger partial charge in [-0.2, -0.15) is 0 Å². The zero-order valence-corrected chi connectivity index (χ0v) is 10.1. The summed E-state index contributed by atoms with van der Waals surface area (Å²) in [7, 11) is 1.23. The van der Waals surface area contributed by atoms with Crippen LogP contribution in [-0.2, 0) is 14.3 Å². The molecule has 0 unspecified atom stereocenters. The number of rotatable bonds is 2. The van der Waals surface area contributed by atoms with Crippen molar-refractivity contribution >= 4 is 17.4 Å². The van der Waals surface area contributed by atoms with E-state index in [9.17, 15) is 14.0 Å². The number of esters is 1. The van der Waals surface area contributed by atoms with Crippen LogP contribution in [0.3, 0.4) is 0 Å². The van der Waals surface area contributed by atoms with E-state index < -0.39 is 5.97 Å². The summed E-state index contributed by atoms with van der Waals surface area (Å²) in [5.74, 6) is -1.27. The number of carbonyl (C=O) groups is 2. The number of Topliss-reactive ketones (excluding diaryl/α,β-unsaturated/α-hetero) is 1. The number of hydrogen-bond donors (Lipinski definition) is 0. The summed E-state index contributed by atoms with van der Waals surface area (Å²) in [6, 6.07) is 5.74. The summed E-state index contributed by atoms with van der Waals surface area (Å²) in [5, 5.41) is 0. The first-order chi connectivity index (χ1) is 8.54. The van der Waals surface area contributed by atoms with Gasteiger partial charge in [-0.1, -0.05) is 0 Å². The Labute approximate surface area is 104 Å². The van der Waals surface area contributed by atoms with Gasteiger partial charge >= 0.3 is 5.97 Å². The molecule has 0 saturated heterocycles. The van der Waals surface area contributed by atoms with Crippen molar-refractivity contribution in [2.45, 2.75) is 6.92 Å². The Bertz CT molecular complexity index is 534. The Morgan fingerprint density at radius 1 is 1.33 bits per heavy atom. The van der Waals surface area contributed by atoms with Crippen molar-refractivity contribution in [3.63, 3.8) is 0 Å². The fourth-order valence-electron chi connectivity index (χ4n) is 1.95. The molecule has 1 aliphatic rings. The van der Waals surface area contributed by atoms with E-state index in [4.69, 9.17) is 0 Å². The lowest BCUT2D eigenvalue weighted by Crippen LogP contribution is -2.20. The van der Waals surface area contributed by atoms with E-state index in [0.717, 1.165) is 0 Å². The maximum Gasteiger partial charge on any atom is 0.343 e. The molecule has 1 heterocycles. The average molecular weight is 249 g/mol. The highest BCUT2D eigenvalue weighted by Crippen LogP contribution is 2.27. The lowest BCUT2D eigenvalue weighted by atomic mass is 10.2. The number of ether oxygens (including phenoxy) is 1. The molecular weight excluding hydrogens is 237 g/mol. The van der Waals surface area contributed by atoms with Crippen molar-refractivity contribution < 1.29 is 18.7 Å². The van der Waals surface area contributed by atoms with Crippen LogP contribution in [-0.4, -0.2) is 25.4 Å². The van der Waals surface area contributed by atoms with Gasteiger partial charge in [0.15, 0.2) is 5.78 Å². The van der Waals surface area contributed by atoms with Crippen LogP contribution in [0.25, 0.3) is 0 Å². The monoisotopic (exact) mass is 249 g/mol. The Kier molecular flexibility index (Phi) is 3.14. The average Bonchev–Trinajstić information content (AvgIpc) is 2.65. The van der Waals surface area contributed by atoms with Crippen LogP contribution in [0.4, 0.5) is 10.1 Å². The minimum Gasteiger partial charge on any atom is -0.465 e. The summed E-state index contributed by atoms with van der Waals surface area (Å²) >= 11 is 0. The van der Waals surface area contributed by atoms with Crippen molar-refractivity contribution in [3.05, 3.63) is 41.4 Å². The molecule has 1 aliphatic heterocycles. The summed E-state index contributed by atoms with van der Waals surface area (Å²) in [5.41, 5.74) is 1.25. The van der Waals surface area contributed by atoms with Gasteiger partial charge in [-0.15, -0.1) is 0 Å². The molecule has 1 aromatic rings. The third kappa shape index (κ3) is 1.99. The second-order valence-electron chi connectivity index (χ2n) is 3.94. The minimum absolute atomic E-state index is 0.0572. The normalized spacial score (nSPS) is 15.3. The van der Waals surface area contributed by atoms with Crippen LogP contribution in [0, 0.1) is 5.82 Å². The van der Waals surface area contributed by atoms with Gasteiger partial charge in [0, 0.05) is 11.4 Å². The molecule has 94 valence electrons. The van der Waals surface area contributed by atoms with Gasteiger partial charge in [-0.25, -0.2) is 9.18 Å². The largest absolute Gasteiger partial charge is 0.465 e. The molecule has 0 aromatic heterocycles. The quantitative estimate of drug-likeness (QED) is 0.590. The molecule has 0 fully saturated rings. The highest BCUT2D eigenvalue weighted by atomic mass is 19.1. The Morgan fingerprint density at radius 2 is 1.94 bits per heavy atom. The summed E-state index contributed by atoms with van der Waals surface area (Å²) in [4.78, 5) is 24.9. The molecule has 2 rings (SSSR count). The molecule has 0 bridgehead atoms. The van der Waals surface area contributed by atoms with E-state index in [1.165, 1.54) is 19.2 Å². The zero-order chi connectivity index (χ0) is 13.3. The fraction of sp³-hybridized carbons (Fsp3) is 0.231. The first-order valence-electron chi connectivity index (χ1n) is 5.40. The number of allylic oxidation sites excluding steroid dienone is 1. The number of ketones is 1. The molecule has 0 radical (unpaired) electrons. The third-order valence-electron chi connectivity index (χ3n) is 2.88. The predicted molar refractivity (Wildman–Crippen MR) is 63.5 cm³/mol. The van der Waals surface area contributed by atoms with Crippen LogP contribution in [0.15, 0.2) is 35.5 Å². The number of methoxy groups -OCH3 is 1. The Balaban J connectivity index is 2.38. The summed E-state index contributed by atoms with van der Waals surface area (Å²) in [6.45, 7) is 1.74. The van der Waals surface area contributed by atoms with Gasteiger partial charge in [0.2, 0.25) is 0 Å². The molecule has 0 N–H and O–H groups in total. The second-order valence-corrected chi connectivity index (χ2v) is 3.94. The lowest BCUT2D eigenvalue weighted by molar-refractivity contribution is -0.137. The molecule has 5 heteroatoms. The van der Waals surface area contributed by atoms with Gasteiger partial charge < -0.3 is 9.64 Å². The Morgan fingerprint density at radius 3 is 2.50 bits per heavy atom. The van der Waals surface area contributed by atoms with Gasteiger partial charge in [-0.05, 0) is 31.2 Å². The maximum absolute atomic E-state index is 12.8. The lowest BCUT2D eigenvalue weighted by Gasteiger charge is -2.18. The maximum atomic E-state index is 12.8. The van der Waals surface area contributed by atoms with Crippen molar-refractivity contribution in [1.29, 1.82) is 0 Å². The molecule has 0 amide bonds. The molecule has 1 aromatic carbocycles. The van der Waals surface area contributed by atoms with E-state index in [2.05, 4.69) is 4.74 Å². The Hall–Kier alpha value is -2.17. The van der Waals surface area contributed by atoms with Gasteiger partial charge in [0.25, 0.3) is 0 Å². The smallest absolute Gasteiger partial charge is 0.343 e. The van der Waals surface area contributed by atoms with Crippen molar-refractivity contribution in [3.8, 4) is 0 Å². The van der Waals surface area contributed by atoms with Crippen LogP contribution in [0.5, 0.6) is 0 Å². The molecular formula is C13H12FNO3.